The van der Waals surface area contributed by atoms with E-state index in [1.54, 1.807) is 23.6 Å². The van der Waals surface area contributed by atoms with Crippen LogP contribution in [0.5, 0.6) is 0 Å². The summed E-state index contributed by atoms with van der Waals surface area (Å²) in [4.78, 5) is 27.1. The van der Waals surface area contributed by atoms with Crippen molar-refractivity contribution in [1.82, 2.24) is 10.2 Å². The van der Waals surface area contributed by atoms with Gasteiger partial charge in [0.25, 0.3) is 0 Å². The molecule has 0 unspecified atom stereocenters. The zero-order chi connectivity index (χ0) is 20.4. The van der Waals surface area contributed by atoms with Crippen LogP contribution in [0.2, 0.25) is 0 Å². The number of thioether (sulfide) groups is 1. The van der Waals surface area contributed by atoms with E-state index in [1.807, 2.05) is 61.5 Å². The largest absolute Gasteiger partial charge is 0.354 e. The molecule has 1 atom stereocenters. The first kappa shape index (κ1) is 22.5. The molecular formula is C22H27BrN2O2S. The maximum atomic E-state index is 12.9. The second-order valence-electron chi connectivity index (χ2n) is 6.59. The van der Waals surface area contributed by atoms with Crippen LogP contribution >= 0.6 is 27.7 Å². The minimum atomic E-state index is -0.507. The quantitative estimate of drug-likeness (QED) is 0.559. The van der Waals surface area contributed by atoms with Crippen molar-refractivity contribution in [3.05, 3.63) is 70.2 Å². The first-order valence-electron chi connectivity index (χ1n) is 9.44. The van der Waals surface area contributed by atoms with Gasteiger partial charge in [-0.05, 0) is 36.6 Å². The van der Waals surface area contributed by atoms with E-state index in [-0.39, 0.29) is 11.8 Å². The molecule has 2 amide bonds. The smallest absolute Gasteiger partial charge is 0.242 e. The summed E-state index contributed by atoms with van der Waals surface area (Å²) in [5.74, 6) is 0.970. The SMILES string of the molecule is CCCNC(=O)[C@H](C)N(Cc1ccccc1)C(=O)CSCc1ccc(Br)cc1. The average Bonchev–Trinajstić information content (AvgIpc) is 2.71. The van der Waals surface area contributed by atoms with Crippen LogP contribution in [0.3, 0.4) is 0 Å². The first-order chi connectivity index (χ1) is 13.5. The second kappa shape index (κ2) is 11.9. The number of amides is 2. The van der Waals surface area contributed by atoms with Gasteiger partial charge in [0.15, 0.2) is 0 Å². The van der Waals surface area contributed by atoms with Crippen molar-refractivity contribution in [3.8, 4) is 0 Å². The Morgan fingerprint density at radius 2 is 1.75 bits per heavy atom. The van der Waals surface area contributed by atoms with Crippen LogP contribution in [0.25, 0.3) is 0 Å². The fraction of sp³-hybridized carbons (Fsp3) is 0.364. The molecule has 4 nitrogen and oxygen atoms in total. The minimum Gasteiger partial charge on any atom is -0.354 e. The van der Waals surface area contributed by atoms with Gasteiger partial charge in [-0.25, -0.2) is 0 Å². The summed E-state index contributed by atoms with van der Waals surface area (Å²) >= 11 is 5.00. The monoisotopic (exact) mass is 462 g/mol. The van der Waals surface area contributed by atoms with Crippen LogP contribution in [0.1, 0.15) is 31.4 Å². The van der Waals surface area contributed by atoms with Crippen LogP contribution in [-0.4, -0.2) is 35.1 Å². The molecule has 6 heteroatoms. The van der Waals surface area contributed by atoms with E-state index in [4.69, 9.17) is 0 Å². The summed E-state index contributed by atoms with van der Waals surface area (Å²) in [6, 6.07) is 17.4. The maximum Gasteiger partial charge on any atom is 0.242 e. The zero-order valence-electron chi connectivity index (χ0n) is 16.4. The molecule has 0 aliphatic heterocycles. The molecule has 1 N–H and O–H groups in total. The third-order valence-corrected chi connectivity index (χ3v) is 5.84. The Hall–Kier alpha value is -1.79. The summed E-state index contributed by atoms with van der Waals surface area (Å²) in [6.07, 6.45) is 0.869. The highest BCUT2D eigenvalue weighted by atomic mass is 79.9. The Balaban J connectivity index is 2.00. The number of hydrogen-bond acceptors (Lipinski definition) is 3. The standard InChI is InChI=1S/C22H27BrN2O2S/c1-3-13-24-22(27)17(2)25(14-18-7-5-4-6-8-18)21(26)16-28-15-19-9-11-20(23)12-10-19/h4-12,17H,3,13-16H2,1-2H3,(H,24,27)/t17-/m0/s1. The van der Waals surface area contributed by atoms with E-state index in [1.165, 1.54) is 5.56 Å². The fourth-order valence-corrected chi connectivity index (χ4v) is 3.81. The molecule has 0 aromatic heterocycles. The predicted molar refractivity (Wildman–Crippen MR) is 120 cm³/mol. The molecule has 0 fully saturated rings. The molecule has 28 heavy (non-hydrogen) atoms. The van der Waals surface area contributed by atoms with Gasteiger partial charge in [-0.15, -0.1) is 11.8 Å². The first-order valence-corrected chi connectivity index (χ1v) is 11.4. The van der Waals surface area contributed by atoms with E-state index < -0.39 is 6.04 Å². The number of rotatable bonds is 10. The molecule has 0 bridgehead atoms. The molecular weight excluding hydrogens is 436 g/mol. The molecule has 0 aliphatic carbocycles. The molecule has 2 rings (SSSR count). The molecule has 0 saturated carbocycles. The van der Waals surface area contributed by atoms with Gasteiger partial charge in [0, 0.05) is 23.3 Å². The molecule has 150 valence electrons. The summed E-state index contributed by atoms with van der Waals surface area (Å²) in [6.45, 7) is 4.86. The van der Waals surface area contributed by atoms with Gasteiger partial charge in [-0.2, -0.15) is 0 Å². The van der Waals surface area contributed by atoms with E-state index >= 15 is 0 Å². The lowest BCUT2D eigenvalue weighted by atomic mass is 10.1. The lowest BCUT2D eigenvalue weighted by Gasteiger charge is -2.28. The normalized spacial score (nSPS) is 11.7. The molecule has 2 aromatic rings. The van der Waals surface area contributed by atoms with E-state index in [9.17, 15) is 9.59 Å². The van der Waals surface area contributed by atoms with Crippen LogP contribution in [0, 0.1) is 0 Å². The van der Waals surface area contributed by atoms with E-state index in [0.717, 1.165) is 22.2 Å². The van der Waals surface area contributed by atoms with Gasteiger partial charge in [0.2, 0.25) is 11.8 Å². The van der Waals surface area contributed by atoms with E-state index in [0.29, 0.717) is 18.8 Å². The highest BCUT2D eigenvalue weighted by molar-refractivity contribution is 9.10. The van der Waals surface area contributed by atoms with E-state index in [2.05, 4.69) is 21.2 Å². The van der Waals surface area contributed by atoms with Gasteiger partial charge in [0.05, 0.1) is 5.75 Å². The topological polar surface area (TPSA) is 49.4 Å². The summed E-state index contributed by atoms with van der Waals surface area (Å²) in [5.41, 5.74) is 2.19. The molecule has 0 saturated heterocycles. The van der Waals surface area contributed by atoms with Crippen molar-refractivity contribution in [2.45, 2.75) is 38.6 Å². The lowest BCUT2D eigenvalue weighted by Crippen LogP contribution is -2.48. The maximum absolute atomic E-state index is 12.9. The zero-order valence-corrected chi connectivity index (χ0v) is 18.8. The van der Waals surface area contributed by atoms with Crippen molar-refractivity contribution < 1.29 is 9.59 Å². The average molecular weight is 463 g/mol. The highest BCUT2D eigenvalue weighted by Crippen LogP contribution is 2.18. The fourth-order valence-electron chi connectivity index (χ4n) is 2.68. The van der Waals surface area contributed by atoms with Gasteiger partial charge in [-0.3, -0.25) is 9.59 Å². The lowest BCUT2D eigenvalue weighted by molar-refractivity contribution is -0.138. The Kier molecular flexibility index (Phi) is 9.58. The molecule has 0 spiro atoms. The second-order valence-corrected chi connectivity index (χ2v) is 8.49. The Morgan fingerprint density at radius 1 is 1.07 bits per heavy atom. The van der Waals surface area contributed by atoms with Gasteiger partial charge < -0.3 is 10.2 Å². The number of carbonyl (C=O) groups is 2. The number of nitrogens with zero attached hydrogens (tertiary/aromatic N) is 1. The number of benzene rings is 2. The number of carbonyl (C=O) groups excluding carboxylic acids is 2. The summed E-state index contributed by atoms with van der Waals surface area (Å²) in [5, 5.41) is 2.90. The van der Waals surface area contributed by atoms with Crippen LogP contribution < -0.4 is 5.32 Å². The third kappa shape index (κ3) is 7.32. The number of hydrogen-bond donors (Lipinski definition) is 1. The van der Waals surface area contributed by atoms with Gasteiger partial charge >= 0.3 is 0 Å². The number of nitrogens with one attached hydrogen (secondary N) is 1. The molecule has 0 aliphatic rings. The Morgan fingerprint density at radius 3 is 2.39 bits per heavy atom. The van der Waals surface area contributed by atoms with Crippen LogP contribution in [-0.2, 0) is 21.9 Å². The van der Waals surface area contributed by atoms with Crippen molar-refractivity contribution in [2.24, 2.45) is 0 Å². The Labute approximate surface area is 180 Å². The van der Waals surface area contributed by atoms with Crippen molar-refractivity contribution in [3.63, 3.8) is 0 Å². The third-order valence-electron chi connectivity index (χ3n) is 4.32. The van der Waals surface area contributed by atoms with Gasteiger partial charge in [0.1, 0.15) is 6.04 Å². The number of halogens is 1. The summed E-state index contributed by atoms with van der Waals surface area (Å²) in [7, 11) is 0. The van der Waals surface area contributed by atoms with Crippen LogP contribution in [0.15, 0.2) is 59.1 Å². The van der Waals surface area contributed by atoms with Crippen molar-refractivity contribution >= 4 is 39.5 Å². The summed E-state index contributed by atoms with van der Waals surface area (Å²) < 4.78 is 1.04. The van der Waals surface area contributed by atoms with Crippen LogP contribution in [0.4, 0.5) is 0 Å². The van der Waals surface area contributed by atoms with Crippen molar-refractivity contribution in [2.75, 3.05) is 12.3 Å². The molecule has 0 radical (unpaired) electrons. The minimum absolute atomic E-state index is 0.0230. The highest BCUT2D eigenvalue weighted by Gasteiger charge is 2.25. The predicted octanol–water partition coefficient (Wildman–Crippen LogP) is 4.63. The van der Waals surface area contributed by atoms with Gasteiger partial charge in [-0.1, -0.05) is 65.3 Å². The molecule has 2 aromatic carbocycles. The molecule has 0 heterocycles. The Bertz CT molecular complexity index is 753. The van der Waals surface area contributed by atoms with Crippen molar-refractivity contribution in [1.29, 1.82) is 0 Å².